The third-order valence-electron chi connectivity index (χ3n) is 3.76. The Kier molecular flexibility index (Phi) is 4.18. The number of nitrogens with one attached hydrogen (secondary N) is 1. The Bertz CT molecular complexity index is 494. The summed E-state index contributed by atoms with van der Waals surface area (Å²) in [5, 5.41) is 3.13. The highest BCUT2D eigenvalue weighted by atomic mass is 16.5. The molecule has 5 nitrogen and oxygen atoms in total. The van der Waals surface area contributed by atoms with Gasteiger partial charge >= 0.3 is 0 Å². The molecule has 0 saturated carbocycles. The van der Waals surface area contributed by atoms with Crippen LogP contribution < -0.4 is 16.0 Å². The molecule has 0 aliphatic carbocycles. The topological polar surface area (TPSA) is 67.6 Å². The first kappa shape index (κ1) is 14.7. The lowest BCUT2D eigenvalue weighted by Crippen LogP contribution is -2.49. The number of amides is 1. The molecular formula is C15H23N3O2. The van der Waals surface area contributed by atoms with Gasteiger partial charge in [0.2, 0.25) is 0 Å². The molecule has 0 atom stereocenters. The average Bonchev–Trinajstić information content (AvgIpc) is 2.38. The summed E-state index contributed by atoms with van der Waals surface area (Å²) in [4.78, 5) is 14.5. The minimum absolute atomic E-state index is 0.0783. The van der Waals surface area contributed by atoms with Gasteiger partial charge in [0.1, 0.15) is 0 Å². The van der Waals surface area contributed by atoms with Crippen LogP contribution in [0.5, 0.6) is 0 Å². The smallest absolute Gasteiger partial charge is 0.253 e. The second-order valence-corrected chi connectivity index (χ2v) is 5.80. The molecule has 0 unspecified atom stereocenters. The Morgan fingerprint density at radius 1 is 1.35 bits per heavy atom. The van der Waals surface area contributed by atoms with E-state index in [-0.39, 0.29) is 11.4 Å². The van der Waals surface area contributed by atoms with E-state index >= 15 is 0 Å². The fourth-order valence-corrected chi connectivity index (χ4v) is 2.41. The van der Waals surface area contributed by atoms with Gasteiger partial charge in [-0.3, -0.25) is 4.79 Å². The summed E-state index contributed by atoms with van der Waals surface area (Å²) >= 11 is 0. The Hall–Kier alpha value is -1.75. The van der Waals surface area contributed by atoms with E-state index in [0.29, 0.717) is 24.5 Å². The molecule has 1 aliphatic rings. The number of carbonyl (C=O) groups excluding carboxylic acids is 1. The molecule has 5 heteroatoms. The van der Waals surface area contributed by atoms with Crippen LogP contribution in [-0.4, -0.2) is 38.8 Å². The molecule has 1 aromatic carbocycles. The van der Waals surface area contributed by atoms with Crippen molar-refractivity contribution in [2.75, 3.05) is 37.9 Å². The van der Waals surface area contributed by atoms with Crippen LogP contribution in [0.2, 0.25) is 0 Å². The Balaban J connectivity index is 2.22. The zero-order valence-corrected chi connectivity index (χ0v) is 12.4. The summed E-state index contributed by atoms with van der Waals surface area (Å²) < 4.78 is 5.35. The van der Waals surface area contributed by atoms with Gasteiger partial charge in [-0.25, -0.2) is 0 Å². The van der Waals surface area contributed by atoms with Crippen LogP contribution in [-0.2, 0) is 4.74 Å². The van der Waals surface area contributed by atoms with Crippen LogP contribution in [0.1, 0.15) is 30.1 Å². The lowest BCUT2D eigenvalue weighted by Gasteiger charge is -2.34. The maximum atomic E-state index is 12.6. The molecule has 0 bridgehead atoms. The lowest BCUT2D eigenvalue weighted by atomic mass is 9.92. The van der Waals surface area contributed by atoms with Gasteiger partial charge in [-0.2, -0.15) is 0 Å². The third-order valence-corrected chi connectivity index (χ3v) is 3.76. The van der Waals surface area contributed by atoms with E-state index in [0.717, 1.165) is 18.5 Å². The average molecular weight is 277 g/mol. The summed E-state index contributed by atoms with van der Waals surface area (Å²) in [6.07, 6.45) is 1.66. The van der Waals surface area contributed by atoms with E-state index in [1.165, 1.54) is 0 Å². The van der Waals surface area contributed by atoms with Crippen LogP contribution in [0.15, 0.2) is 18.2 Å². The van der Waals surface area contributed by atoms with Gasteiger partial charge in [0, 0.05) is 44.2 Å². The van der Waals surface area contributed by atoms with Crippen LogP contribution in [0, 0.1) is 0 Å². The lowest BCUT2D eigenvalue weighted by molar-refractivity contribution is 0.0423. The largest absolute Gasteiger partial charge is 0.399 e. The molecule has 1 saturated heterocycles. The number of nitrogens with two attached hydrogens (primary N) is 1. The van der Waals surface area contributed by atoms with Gasteiger partial charge in [-0.1, -0.05) is 0 Å². The summed E-state index contributed by atoms with van der Waals surface area (Å²) in [5.41, 5.74) is 7.68. The maximum absolute atomic E-state index is 12.6. The van der Waals surface area contributed by atoms with Crippen LogP contribution in [0.3, 0.4) is 0 Å². The van der Waals surface area contributed by atoms with Crippen LogP contribution in [0.25, 0.3) is 0 Å². The normalized spacial score (nSPS) is 17.6. The molecule has 1 heterocycles. The van der Waals surface area contributed by atoms with Crippen molar-refractivity contribution in [3.8, 4) is 0 Å². The summed E-state index contributed by atoms with van der Waals surface area (Å²) in [5.74, 6) is -0.0783. The zero-order valence-electron chi connectivity index (χ0n) is 12.4. The molecule has 1 fully saturated rings. The second kappa shape index (κ2) is 5.71. The number of hydrogen-bond donors (Lipinski definition) is 2. The maximum Gasteiger partial charge on any atom is 0.253 e. The predicted octanol–water partition coefficient (Wildman–Crippen LogP) is 1.63. The number of benzene rings is 1. The SMILES string of the molecule is CN(C)c1ccc(N)cc1C(=O)NC1(C)CCOCC1. The highest BCUT2D eigenvalue weighted by molar-refractivity contribution is 6.01. The number of nitrogens with zero attached hydrogens (tertiary/aromatic N) is 1. The van der Waals surface area contributed by atoms with Crippen molar-refractivity contribution < 1.29 is 9.53 Å². The number of hydrogen-bond acceptors (Lipinski definition) is 4. The molecule has 1 aromatic rings. The Morgan fingerprint density at radius 2 is 2.00 bits per heavy atom. The molecule has 2 rings (SSSR count). The van der Waals surface area contributed by atoms with E-state index in [2.05, 4.69) is 12.2 Å². The van der Waals surface area contributed by atoms with Crippen LogP contribution >= 0.6 is 0 Å². The third kappa shape index (κ3) is 3.22. The molecule has 110 valence electrons. The molecule has 1 aliphatic heterocycles. The Labute approximate surface area is 120 Å². The molecule has 0 radical (unpaired) electrons. The first-order valence-corrected chi connectivity index (χ1v) is 6.88. The van der Waals surface area contributed by atoms with E-state index in [1.807, 2.05) is 31.1 Å². The van der Waals surface area contributed by atoms with E-state index in [4.69, 9.17) is 10.5 Å². The number of ether oxygens (including phenoxy) is 1. The van der Waals surface area contributed by atoms with Crippen molar-refractivity contribution in [3.63, 3.8) is 0 Å². The molecular weight excluding hydrogens is 254 g/mol. The number of anilines is 2. The molecule has 20 heavy (non-hydrogen) atoms. The number of carbonyl (C=O) groups is 1. The van der Waals surface area contributed by atoms with Crippen molar-refractivity contribution >= 4 is 17.3 Å². The monoisotopic (exact) mass is 277 g/mol. The van der Waals surface area contributed by atoms with Gasteiger partial charge in [0.05, 0.1) is 5.56 Å². The van der Waals surface area contributed by atoms with Gasteiger partial charge < -0.3 is 20.7 Å². The van der Waals surface area contributed by atoms with Gasteiger partial charge in [-0.05, 0) is 38.0 Å². The highest BCUT2D eigenvalue weighted by Crippen LogP contribution is 2.24. The summed E-state index contributed by atoms with van der Waals surface area (Å²) in [7, 11) is 3.83. The van der Waals surface area contributed by atoms with Gasteiger partial charge in [0.25, 0.3) is 5.91 Å². The minimum atomic E-state index is -0.205. The molecule has 0 spiro atoms. The highest BCUT2D eigenvalue weighted by Gasteiger charge is 2.30. The van der Waals surface area contributed by atoms with E-state index < -0.39 is 0 Å². The summed E-state index contributed by atoms with van der Waals surface area (Å²) in [6, 6.07) is 5.41. The Morgan fingerprint density at radius 3 is 2.60 bits per heavy atom. The fourth-order valence-electron chi connectivity index (χ4n) is 2.41. The van der Waals surface area contributed by atoms with E-state index in [9.17, 15) is 4.79 Å². The van der Waals surface area contributed by atoms with Crippen molar-refractivity contribution in [1.82, 2.24) is 5.32 Å². The first-order valence-electron chi connectivity index (χ1n) is 6.88. The van der Waals surface area contributed by atoms with Crippen molar-refractivity contribution in [2.24, 2.45) is 0 Å². The van der Waals surface area contributed by atoms with E-state index in [1.54, 1.807) is 6.07 Å². The zero-order chi connectivity index (χ0) is 14.8. The second-order valence-electron chi connectivity index (χ2n) is 5.80. The molecule has 1 amide bonds. The quantitative estimate of drug-likeness (QED) is 0.824. The summed E-state index contributed by atoms with van der Waals surface area (Å²) in [6.45, 7) is 3.44. The minimum Gasteiger partial charge on any atom is -0.399 e. The van der Waals surface area contributed by atoms with Crippen molar-refractivity contribution in [2.45, 2.75) is 25.3 Å². The number of rotatable bonds is 3. The van der Waals surface area contributed by atoms with Gasteiger partial charge in [-0.15, -0.1) is 0 Å². The fraction of sp³-hybridized carbons (Fsp3) is 0.533. The van der Waals surface area contributed by atoms with Gasteiger partial charge in [0.15, 0.2) is 0 Å². The predicted molar refractivity (Wildman–Crippen MR) is 81.1 cm³/mol. The van der Waals surface area contributed by atoms with Crippen LogP contribution in [0.4, 0.5) is 11.4 Å². The number of nitrogen functional groups attached to an aromatic ring is 1. The van der Waals surface area contributed by atoms with Crippen molar-refractivity contribution in [1.29, 1.82) is 0 Å². The van der Waals surface area contributed by atoms with Crippen molar-refractivity contribution in [3.05, 3.63) is 23.8 Å². The molecule has 3 N–H and O–H groups in total. The standard InChI is InChI=1S/C15H23N3O2/c1-15(6-8-20-9-7-15)17-14(19)12-10-11(16)4-5-13(12)18(2)3/h4-5,10H,6-9,16H2,1-3H3,(H,17,19). The molecule has 0 aromatic heterocycles. The first-order chi connectivity index (χ1) is 9.41.